The molecule has 0 amide bonds. The van der Waals surface area contributed by atoms with Gasteiger partial charge < -0.3 is 14.6 Å². The van der Waals surface area contributed by atoms with E-state index in [0.717, 1.165) is 0 Å². The Hall–Kier alpha value is -2.10. The summed E-state index contributed by atoms with van der Waals surface area (Å²) < 4.78 is 39.8. The molecular formula is C16H21N3O5S. The monoisotopic (exact) mass is 367 g/mol. The lowest BCUT2D eigenvalue weighted by Gasteiger charge is -2.24. The lowest BCUT2D eigenvalue weighted by atomic mass is 9.96. The second-order valence-corrected chi connectivity index (χ2v) is 7.99. The fourth-order valence-electron chi connectivity index (χ4n) is 2.78. The summed E-state index contributed by atoms with van der Waals surface area (Å²) in [5.74, 6) is 1.13. The summed E-state index contributed by atoms with van der Waals surface area (Å²) in [6, 6.07) is 5.02. The van der Waals surface area contributed by atoms with Gasteiger partial charge in [-0.1, -0.05) is 6.07 Å². The Morgan fingerprint density at radius 3 is 2.64 bits per heavy atom. The van der Waals surface area contributed by atoms with Gasteiger partial charge in [0.1, 0.15) is 10.5 Å². The molecule has 0 spiro atoms. The van der Waals surface area contributed by atoms with Crippen LogP contribution in [0.25, 0.3) is 0 Å². The maximum atomic E-state index is 12.6. The number of hydrogen-bond acceptors (Lipinski definition) is 6. The van der Waals surface area contributed by atoms with E-state index in [1.54, 1.807) is 39.1 Å². The van der Waals surface area contributed by atoms with Crippen molar-refractivity contribution >= 4 is 10.0 Å². The van der Waals surface area contributed by atoms with Gasteiger partial charge >= 0.3 is 0 Å². The van der Waals surface area contributed by atoms with Crippen molar-refractivity contribution < 1.29 is 23.0 Å². The van der Waals surface area contributed by atoms with Crippen molar-refractivity contribution in [3.05, 3.63) is 35.2 Å². The SMILES string of the molecule is Cc1nn(C)c(C)c1S(=O)(=O)NCC(C)(O)c1ccc2c(c1)OCO2. The van der Waals surface area contributed by atoms with Gasteiger partial charge in [-0.2, -0.15) is 5.10 Å². The highest BCUT2D eigenvalue weighted by molar-refractivity contribution is 7.89. The second kappa shape index (κ2) is 6.01. The van der Waals surface area contributed by atoms with E-state index in [1.165, 1.54) is 11.6 Å². The summed E-state index contributed by atoms with van der Waals surface area (Å²) >= 11 is 0. The van der Waals surface area contributed by atoms with Crippen LogP contribution in [0.3, 0.4) is 0 Å². The van der Waals surface area contributed by atoms with Gasteiger partial charge in [0.15, 0.2) is 11.5 Å². The molecule has 8 nitrogen and oxygen atoms in total. The predicted molar refractivity (Wildman–Crippen MR) is 90.0 cm³/mol. The van der Waals surface area contributed by atoms with Gasteiger partial charge in [-0.05, 0) is 38.5 Å². The van der Waals surface area contributed by atoms with E-state index >= 15 is 0 Å². The molecule has 1 aliphatic rings. The number of sulfonamides is 1. The molecular weight excluding hydrogens is 346 g/mol. The zero-order valence-electron chi connectivity index (χ0n) is 14.5. The molecule has 1 unspecified atom stereocenters. The quantitative estimate of drug-likeness (QED) is 0.816. The summed E-state index contributed by atoms with van der Waals surface area (Å²) in [4.78, 5) is 0.136. The number of aliphatic hydroxyl groups is 1. The highest BCUT2D eigenvalue weighted by Crippen LogP contribution is 2.35. The molecule has 1 aromatic heterocycles. The molecule has 136 valence electrons. The largest absolute Gasteiger partial charge is 0.454 e. The number of ether oxygens (including phenoxy) is 2. The van der Waals surface area contributed by atoms with Gasteiger partial charge in [0, 0.05) is 13.6 Å². The molecule has 3 rings (SSSR count). The third-order valence-corrected chi connectivity index (χ3v) is 5.96. The van der Waals surface area contributed by atoms with Crippen LogP contribution in [0, 0.1) is 13.8 Å². The average Bonchev–Trinajstić information content (AvgIpc) is 3.09. The zero-order valence-corrected chi connectivity index (χ0v) is 15.3. The molecule has 2 aromatic rings. The lowest BCUT2D eigenvalue weighted by molar-refractivity contribution is 0.0625. The summed E-state index contributed by atoms with van der Waals surface area (Å²) in [6.07, 6.45) is 0. The van der Waals surface area contributed by atoms with E-state index < -0.39 is 15.6 Å². The topological polar surface area (TPSA) is 103 Å². The first-order chi connectivity index (χ1) is 11.6. The summed E-state index contributed by atoms with van der Waals surface area (Å²) in [5, 5.41) is 14.9. The third-order valence-electron chi connectivity index (χ3n) is 4.31. The van der Waals surface area contributed by atoms with Gasteiger partial charge in [-0.3, -0.25) is 4.68 Å². The first-order valence-electron chi connectivity index (χ1n) is 7.74. The Labute approximate surface area is 146 Å². The minimum atomic E-state index is -3.80. The smallest absolute Gasteiger partial charge is 0.244 e. The van der Waals surface area contributed by atoms with Gasteiger partial charge in [-0.25, -0.2) is 13.1 Å². The lowest BCUT2D eigenvalue weighted by Crippen LogP contribution is -2.38. The minimum Gasteiger partial charge on any atom is -0.454 e. The number of aryl methyl sites for hydroxylation is 2. The molecule has 9 heteroatoms. The van der Waals surface area contributed by atoms with Crippen molar-refractivity contribution in [3.63, 3.8) is 0 Å². The molecule has 25 heavy (non-hydrogen) atoms. The molecule has 2 heterocycles. The highest BCUT2D eigenvalue weighted by atomic mass is 32.2. The number of aromatic nitrogens is 2. The number of benzene rings is 1. The van der Waals surface area contributed by atoms with Gasteiger partial charge in [0.25, 0.3) is 0 Å². The summed E-state index contributed by atoms with van der Waals surface area (Å²) in [7, 11) is -2.12. The van der Waals surface area contributed by atoms with Crippen molar-refractivity contribution in [3.8, 4) is 11.5 Å². The van der Waals surface area contributed by atoms with Crippen LogP contribution in [0.1, 0.15) is 23.9 Å². The summed E-state index contributed by atoms with van der Waals surface area (Å²) in [5.41, 5.74) is 0.0555. The molecule has 0 aliphatic carbocycles. The van der Waals surface area contributed by atoms with Crippen LogP contribution in [0.5, 0.6) is 11.5 Å². The van der Waals surface area contributed by atoms with E-state index in [1.807, 2.05) is 0 Å². The van der Waals surface area contributed by atoms with Gasteiger partial charge in [0.05, 0.1) is 11.4 Å². The van der Waals surface area contributed by atoms with Crippen LogP contribution in [-0.2, 0) is 22.7 Å². The number of rotatable bonds is 5. The van der Waals surface area contributed by atoms with Crippen LogP contribution in [0.2, 0.25) is 0 Å². The molecule has 1 atom stereocenters. The van der Waals surface area contributed by atoms with Gasteiger partial charge in [-0.15, -0.1) is 0 Å². The van der Waals surface area contributed by atoms with Gasteiger partial charge in [0.2, 0.25) is 16.8 Å². The van der Waals surface area contributed by atoms with Crippen LogP contribution < -0.4 is 14.2 Å². The molecule has 0 bridgehead atoms. The normalized spacial score (nSPS) is 16.0. The molecule has 0 radical (unpaired) electrons. The standard InChI is InChI=1S/C16H21N3O5S/c1-10-15(11(2)19(4)18-10)25(21,22)17-8-16(3,20)12-5-6-13-14(7-12)24-9-23-13/h5-7,17,20H,8-9H2,1-4H3. The van der Waals surface area contributed by atoms with Crippen molar-refractivity contribution in [2.45, 2.75) is 31.3 Å². The average molecular weight is 367 g/mol. The Kier molecular flexibility index (Phi) is 4.26. The highest BCUT2D eigenvalue weighted by Gasteiger charge is 2.30. The Morgan fingerprint density at radius 2 is 2.00 bits per heavy atom. The zero-order chi connectivity index (χ0) is 18.4. The Bertz CT molecular complexity index is 918. The molecule has 0 saturated heterocycles. The molecule has 2 N–H and O–H groups in total. The van der Waals surface area contributed by atoms with E-state index in [2.05, 4.69) is 9.82 Å². The van der Waals surface area contributed by atoms with E-state index in [9.17, 15) is 13.5 Å². The van der Waals surface area contributed by atoms with E-state index in [-0.39, 0.29) is 18.2 Å². The van der Waals surface area contributed by atoms with E-state index in [4.69, 9.17) is 9.47 Å². The summed E-state index contributed by atoms with van der Waals surface area (Å²) in [6.45, 7) is 4.80. The fourth-order valence-corrected chi connectivity index (χ4v) is 4.35. The minimum absolute atomic E-state index is 0.132. The maximum Gasteiger partial charge on any atom is 0.244 e. The first-order valence-corrected chi connectivity index (χ1v) is 9.22. The number of hydrogen-bond donors (Lipinski definition) is 2. The Morgan fingerprint density at radius 1 is 1.32 bits per heavy atom. The van der Waals surface area contributed by atoms with E-state index in [0.29, 0.717) is 28.5 Å². The van der Waals surface area contributed by atoms with Crippen molar-refractivity contribution in [2.24, 2.45) is 7.05 Å². The number of nitrogens with one attached hydrogen (secondary N) is 1. The van der Waals surface area contributed by atoms with Crippen LogP contribution >= 0.6 is 0 Å². The first kappa shape index (κ1) is 17.7. The van der Waals surface area contributed by atoms with Crippen molar-refractivity contribution in [2.75, 3.05) is 13.3 Å². The third kappa shape index (κ3) is 3.22. The fraction of sp³-hybridized carbons (Fsp3) is 0.438. The predicted octanol–water partition coefficient (Wildman–Crippen LogP) is 0.952. The molecule has 0 fully saturated rings. The molecule has 1 aliphatic heterocycles. The van der Waals surface area contributed by atoms with Crippen LogP contribution in [0.4, 0.5) is 0 Å². The second-order valence-electron chi connectivity index (χ2n) is 6.29. The van der Waals surface area contributed by atoms with Crippen LogP contribution in [0.15, 0.2) is 23.1 Å². The van der Waals surface area contributed by atoms with Crippen molar-refractivity contribution in [1.29, 1.82) is 0 Å². The number of fused-ring (bicyclic) bond motifs is 1. The Balaban J connectivity index is 1.82. The molecule has 0 saturated carbocycles. The van der Waals surface area contributed by atoms with Crippen LogP contribution in [-0.4, -0.2) is 36.6 Å². The molecule has 1 aromatic carbocycles. The maximum absolute atomic E-state index is 12.6. The van der Waals surface area contributed by atoms with Crippen molar-refractivity contribution in [1.82, 2.24) is 14.5 Å². The number of nitrogens with zero attached hydrogens (tertiary/aromatic N) is 2.